The number of hydrogen-bond donors (Lipinski definition) is 1. The first kappa shape index (κ1) is 32.5. The van der Waals surface area contributed by atoms with Gasteiger partial charge < -0.3 is 23.8 Å². The topological polar surface area (TPSA) is 132 Å². The van der Waals surface area contributed by atoms with E-state index >= 15 is 4.39 Å². The van der Waals surface area contributed by atoms with Crippen LogP contribution in [-0.2, 0) is 14.2 Å². The molecule has 2 aromatic heterocycles. The van der Waals surface area contributed by atoms with Crippen molar-refractivity contribution in [2.45, 2.75) is 65.8 Å². The first-order valence-corrected chi connectivity index (χ1v) is 15.7. The number of carbonyl (C=O) groups excluding carboxylic acids is 3. The zero-order valence-corrected chi connectivity index (χ0v) is 28.0. The van der Waals surface area contributed by atoms with Crippen LogP contribution in [0.1, 0.15) is 47.1 Å². The zero-order chi connectivity index (χ0) is 34.0. The largest absolute Gasteiger partial charge is 0.474 e. The number of anilines is 2. The summed E-state index contributed by atoms with van der Waals surface area (Å²) in [6.45, 7) is 13.9. The van der Waals surface area contributed by atoms with E-state index in [1.807, 2.05) is 20.8 Å². The van der Waals surface area contributed by atoms with Gasteiger partial charge in [-0.15, -0.1) is 0 Å². The Morgan fingerprint density at radius 3 is 2.30 bits per heavy atom. The predicted octanol–water partition coefficient (Wildman–Crippen LogP) is 6.95. The molecule has 3 amide bonds. The van der Waals surface area contributed by atoms with Gasteiger partial charge >= 0.3 is 18.3 Å². The third-order valence-electron chi connectivity index (χ3n) is 8.14. The van der Waals surface area contributed by atoms with Gasteiger partial charge in [0.1, 0.15) is 41.2 Å². The molecule has 0 spiro atoms. The number of hydrogen-bond acceptors (Lipinski definition) is 9. The molecule has 3 atom stereocenters. The van der Waals surface area contributed by atoms with Crippen molar-refractivity contribution in [3.8, 4) is 17.0 Å². The van der Waals surface area contributed by atoms with Gasteiger partial charge in [-0.3, -0.25) is 10.2 Å². The maximum absolute atomic E-state index is 15.8. The van der Waals surface area contributed by atoms with Gasteiger partial charge in [-0.25, -0.2) is 28.7 Å². The van der Waals surface area contributed by atoms with E-state index < -0.39 is 29.2 Å². The number of fused-ring (bicyclic) bond motifs is 3. The number of carbonyl (C=O) groups is 3. The van der Waals surface area contributed by atoms with E-state index in [1.54, 1.807) is 44.7 Å². The van der Waals surface area contributed by atoms with Crippen LogP contribution in [0.15, 0.2) is 24.5 Å². The fourth-order valence-corrected chi connectivity index (χ4v) is 6.24. The number of benzene rings is 1. The molecule has 1 aromatic carbocycles. The minimum atomic E-state index is -0.723. The smallest absolute Gasteiger partial charge is 0.415 e. The van der Waals surface area contributed by atoms with E-state index in [0.29, 0.717) is 40.7 Å². The molecular weight excluding hydrogens is 633 g/mol. The van der Waals surface area contributed by atoms with Gasteiger partial charge in [-0.1, -0.05) is 11.6 Å². The highest BCUT2D eigenvalue weighted by molar-refractivity contribution is 6.36. The summed E-state index contributed by atoms with van der Waals surface area (Å²) in [5, 5.41) is 3.33. The van der Waals surface area contributed by atoms with Crippen LogP contribution >= 0.6 is 11.6 Å². The van der Waals surface area contributed by atoms with Crippen LogP contribution < -0.4 is 15.0 Å². The molecule has 0 unspecified atom stereocenters. The first-order chi connectivity index (χ1) is 22.0. The first-order valence-electron chi connectivity index (χ1n) is 15.4. The Labute approximate surface area is 276 Å². The van der Waals surface area contributed by atoms with E-state index in [1.165, 1.54) is 17.3 Å². The summed E-state index contributed by atoms with van der Waals surface area (Å²) in [6, 6.07) is 3.16. The number of ether oxygens (including phenoxy) is 4. The molecule has 1 aliphatic carbocycles. The summed E-state index contributed by atoms with van der Waals surface area (Å²) in [5.41, 5.74) is 0.167. The van der Waals surface area contributed by atoms with Crippen molar-refractivity contribution < 1.29 is 37.7 Å². The monoisotopic (exact) mass is 669 g/mol. The highest BCUT2D eigenvalue weighted by Gasteiger charge is 2.60. The Kier molecular flexibility index (Phi) is 8.10. The minimum Gasteiger partial charge on any atom is -0.474 e. The predicted molar refractivity (Wildman–Crippen MR) is 172 cm³/mol. The third kappa shape index (κ3) is 6.58. The van der Waals surface area contributed by atoms with E-state index in [4.69, 9.17) is 30.5 Å². The second-order valence-corrected chi connectivity index (χ2v) is 14.4. The Balaban J connectivity index is 1.20. The van der Waals surface area contributed by atoms with Crippen molar-refractivity contribution in [3.05, 3.63) is 40.9 Å². The van der Waals surface area contributed by atoms with Gasteiger partial charge in [0.05, 0.1) is 11.6 Å². The second kappa shape index (κ2) is 11.7. The Bertz CT molecular complexity index is 1780. The maximum Gasteiger partial charge on any atom is 0.415 e. The Hall–Kier alpha value is -4.39. The molecule has 0 bridgehead atoms. The molecule has 250 valence electrons. The third-order valence-corrected chi connectivity index (χ3v) is 8.51. The number of pyridine rings is 2. The number of likely N-dealkylation sites (tertiary alicyclic amines) is 1. The number of nitrogens with one attached hydrogen (secondary N) is 1. The van der Waals surface area contributed by atoms with Crippen molar-refractivity contribution >= 4 is 52.2 Å². The van der Waals surface area contributed by atoms with Gasteiger partial charge in [0.15, 0.2) is 0 Å². The molecule has 6 rings (SSSR count). The van der Waals surface area contributed by atoms with Crippen LogP contribution in [0, 0.1) is 24.6 Å². The van der Waals surface area contributed by atoms with Crippen molar-refractivity contribution in [2.75, 3.05) is 36.5 Å². The van der Waals surface area contributed by atoms with Gasteiger partial charge in [0, 0.05) is 53.8 Å². The number of rotatable bonds is 3. The molecule has 3 aliphatic rings. The van der Waals surface area contributed by atoms with E-state index in [0.717, 1.165) is 0 Å². The van der Waals surface area contributed by atoms with Crippen molar-refractivity contribution in [1.29, 1.82) is 0 Å². The van der Waals surface area contributed by atoms with Gasteiger partial charge in [0.25, 0.3) is 0 Å². The Morgan fingerprint density at radius 2 is 1.64 bits per heavy atom. The number of halogens is 2. The SMILES string of the molecule is Cc1c(-c2cc3cc(NC(=O)O[C@H]4[C@@H]5CN(C(=O)OC(C)(C)C)C[C@@H]54)ncc3c(Cl)c2F)cnc2c1N(C(=O)OC(C)(C)C)CCO2. The van der Waals surface area contributed by atoms with Gasteiger partial charge in [-0.2, -0.15) is 0 Å². The average molecular weight is 670 g/mol. The van der Waals surface area contributed by atoms with Crippen molar-refractivity contribution in [1.82, 2.24) is 14.9 Å². The molecule has 4 heterocycles. The summed E-state index contributed by atoms with van der Waals surface area (Å²) in [4.78, 5) is 49.9. The zero-order valence-electron chi connectivity index (χ0n) is 27.3. The van der Waals surface area contributed by atoms with E-state index in [9.17, 15) is 14.4 Å². The number of nitrogens with zero attached hydrogens (tertiary/aromatic N) is 4. The Morgan fingerprint density at radius 1 is 0.979 bits per heavy atom. The van der Waals surface area contributed by atoms with Gasteiger partial charge in [0.2, 0.25) is 5.88 Å². The molecule has 1 saturated heterocycles. The molecule has 0 radical (unpaired) electrons. The molecule has 3 aromatic rings. The maximum atomic E-state index is 15.8. The summed E-state index contributed by atoms with van der Waals surface area (Å²) in [5.74, 6) is -0.170. The molecule has 1 N–H and O–H groups in total. The van der Waals surface area contributed by atoms with Crippen molar-refractivity contribution in [2.24, 2.45) is 11.8 Å². The lowest BCUT2D eigenvalue weighted by Crippen LogP contribution is -2.42. The van der Waals surface area contributed by atoms with Crippen LogP contribution in [0.3, 0.4) is 0 Å². The van der Waals surface area contributed by atoms with Crippen LogP contribution in [0.4, 0.5) is 30.3 Å². The minimum absolute atomic E-state index is 0.0484. The number of amides is 3. The van der Waals surface area contributed by atoms with Gasteiger partial charge in [-0.05, 0) is 71.5 Å². The van der Waals surface area contributed by atoms with Crippen LogP contribution in [0.2, 0.25) is 5.02 Å². The summed E-state index contributed by atoms with van der Waals surface area (Å²) < 4.78 is 38.1. The average Bonchev–Trinajstić information content (AvgIpc) is 3.38. The van der Waals surface area contributed by atoms with Crippen LogP contribution in [0.5, 0.6) is 5.88 Å². The highest BCUT2D eigenvalue weighted by atomic mass is 35.5. The second-order valence-electron chi connectivity index (χ2n) is 14.0. The molecule has 14 heteroatoms. The quantitative estimate of drug-likeness (QED) is 0.294. The lowest BCUT2D eigenvalue weighted by molar-refractivity contribution is 0.0244. The van der Waals surface area contributed by atoms with Crippen molar-refractivity contribution in [3.63, 3.8) is 0 Å². The summed E-state index contributed by atoms with van der Waals surface area (Å²) in [7, 11) is 0. The number of aromatic nitrogens is 2. The summed E-state index contributed by atoms with van der Waals surface area (Å²) in [6.07, 6.45) is 0.906. The highest BCUT2D eigenvalue weighted by Crippen LogP contribution is 2.48. The molecule has 47 heavy (non-hydrogen) atoms. The molecule has 2 aliphatic heterocycles. The normalized spacial score (nSPS) is 20.2. The molecule has 1 saturated carbocycles. The van der Waals surface area contributed by atoms with E-state index in [2.05, 4.69) is 15.3 Å². The standard InChI is InChI=1S/C33H37ClFN5O7/c1-16-19(12-37-28-26(16)40(8-9-44-28)31(43)47-33(5,6)7)18-10-17-11-23(36-13-20(17)24(34)25(18)35)38-29(41)45-27-21-14-39(15-22(21)27)30(42)46-32(2,3)4/h10-13,21-22,27H,8-9,14-15H2,1-7H3,(H,36,38,41)/t21-,22+,27+. The molecular formula is C33H37ClFN5O7. The fraction of sp³-hybridized carbons (Fsp3) is 0.485. The fourth-order valence-electron chi connectivity index (χ4n) is 5.98. The lowest BCUT2D eigenvalue weighted by Gasteiger charge is -2.32. The van der Waals surface area contributed by atoms with Crippen LogP contribution in [-0.4, -0.2) is 76.7 Å². The van der Waals surface area contributed by atoms with E-state index in [-0.39, 0.29) is 59.5 Å². The van der Waals surface area contributed by atoms with Crippen LogP contribution in [0.25, 0.3) is 21.9 Å². The molecule has 12 nitrogen and oxygen atoms in total. The summed E-state index contributed by atoms with van der Waals surface area (Å²) >= 11 is 6.49. The molecule has 2 fully saturated rings. The lowest BCUT2D eigenvalue weighted by atomic mass is 9.97. The number of piperidine rings is 1.